The van der Waals surface area contributed by atoms with Crippen LogP contribution < -0.4 is 11.2 Å². The Labute approximate surface area is 160 Å². The molecule has 1 saturated carbocycles. The Balaban J connectivity index is 1.39. The largest absolute Gasteiger partial charge is 0.378 e. The van der Waals surface area contributed by atoms with Crippen molar-refractivity contribution in [1.82, 2.24) is 30.7 Å². The van der Waals surface area contributed by atoms with Gasteiger partial charge in [0.05, 0.1) is 5.69 Å². The minimum atomic E-state index is -0.434. The molecule has 3 aromatic rings. The van der Waals surface area contributed by atoms with Crippen LogP contribution in [-0.4, -0.2) is 36.9 Å². The van der Waals surface area contributed by atoms with Gasteiger partial charge in [-0.05, 0) is 54.4 Å². The first kappa shape index (κ1) is 17.8. The van der Waals surface area contributed by atoms with Crippen LogP contribution in [0.5, 0.6) is 0 Å². The molecule has 0 bridgehead atoms. The Morgan fingerprint density at radius 1 is 1.25 bits per heavy atom. The number of benzene rings is 1. The zero-order chi connectivity index (χ0) is 19.5. The van der Waals surface area contributed by atoms with E-state index in [0.717, 1.165) is 31.4 Å². The Morgan fingerprint density at radius 2 is 2.00 bits per heavy atom. The molecular weight excluding hydrogens is 360 g/mol. The van der Waals surface area contributed by atoms with Crippen molar-refractivity contribution in [3.63, 3.8) is 0 Å². The van der Waals surface area contributed by atoms with Crippen molar-refractivity contribution in [2.45, 2.75) is 38.5 Å². The maximum Gasteiger partial charge on any atom is 0.293 e. The monoisotopic (exact) mass is 380 g/mol. The molecule has 28 heavy (non-hydrogen) atoms. The van der Waals surface area contributed by atoms with Crippen molar-refractivity contribution >= 4 is 17.4 Å². The van der Waals surface area contributed by atoms with Crippen molar-refractivity contribution in [3.05, 3.63) is 47.3 Å². The van der Waals surface area contributed by atoms with Crippen LogP contribution in [0.15, 0.2) is 40.1 Å². The molecule has 0 spiro atoms. The van der Waals surface area contributed by atoms with Gasteiger partial charge in [0.15, 0.2) is 5.69 Å². The summed E-state index contributed by atoms with van der Waals surface area (Å²) in [5.74, 6) is 0.362. The number of nitrogens with zero attached hydrogens (tertiary/aromatic N) is 6. The van der Waals surface area contributed by atoms with E-state index in [-0.39, 0.29) is 17.3 Å². The molecule has 2 aromatic heterocycles. The van der Waals surface area contributed by atoms with Crippen molar-refractivity contribution in [3.8, 4) is 5.82 Å². The fourth-order valence-electron chi connectivity index (χ4n) is 3.38. The number of nitrogens with one attached hydrogen (secondary N) is 1. The molecule has 1 aliphatic carbocycles. The second kappa shape index (κ2) is 7.59. The molecule has 10 heteroatoms. The van der Waals surface area contributed by atoms with E-state index in [0.29, 0.717) is 11.6 Å². The molecule has 0 aliphatic heterocycles. The highest BCUT2D eigenvalue weighted by atomic mass is 16.6. The van der Waals surface area contributed by atoms with Crippen molar-refractivity contribution in [2.75, 3.05) is 5.73 Å². The zero-order valence-electron chi connectivity index (χ0n) is 15.4. The van der Waals surface area contributed by atoms with Crippen LogP contribution in [-0.2, 0) is 0 Å². The van der Waals surface area contributed by atoms with Gasteiger partial charge in [-0.3, -0.25) is 4.79 Å². The van der Waals surface area contributed by atoms with E-state index in [9.17, 15) is 4.79 Å². The summed E-state index contributed by atoms with van der Waals surface area (Å²) in [6.45, 7) is 1.68. The number of rotatable bonds is 4. The highest BCUT2D eigenvalue weighted by Gasteiger charge is 2.22. The fourth-order valence-corrected chi connectivity index (χ4v) is 3.38. The van der Waals surface area contributed by atoms with Crippen LogP contribution >= 0.6 is 0 Å². The molecule has 144 valence electrons. The summed E-state index contributed by atoms with van der Waals surface area (Å²) in [4.78, 5) is 12.4. The Bertz CT molecular complexity index is 998. The molecule has 1 aliphatic rings. The van der Waals surface area contributed by atoms with Crippen LogP contribution in [0.25, 0.3) is 5.82 Å². The first-order valence-corrected chi connectivity index (χ1v) is 9.05. The second-order valence-corrected chi connectivity index (χ2v) is 6.71. The van der Waals surface area contributed by atoms with Gasteiger partial charge in [-0.2, -0.15) is 9.78 Å². The number of anilines is 1. The molecule has 3 N–H and O–H groups in total. The van der Waals surface area contributed by atoms with E-state index in [4.69, 9.17) is 5.73 Å². The third-order valence-electron chi connectivity index (χ3n) is 4.96. The average Bonchev–Trinajstić information content (AvgIpc) is 3.32. The first-order chi connectivity index (χ1) is 13.6. The van der Waals surface area contributed by atoms with Gasteiger partial charge >= 0.3 is 0 Å². The number of carbonyl (C=O) groups excluding carboxylic acids is 1. The van der Waals surface area contributed by atoms with Gasteiger partial charge in [-0.15, -0.1) is 5.10 Å². The number of aromatic nitrogens is 5. The van der Waals surface area contributed by atoms with Gasteiger partial charge in [-0.1, -0.05) is 35.5 Å². The molecule has 1 aromatic carbocycles. The van der Waals surface area contributed by atoms with Gasteiger partial charge in [0, 0.05) is 5.71 Å². The van der Waals surface area contributed by atoms with Crippen LogP contribution in [0.4, 0.5) is 5.82 Å². The maximum absolute atomic E-state index is 12.4. The van der Waals surface area contributed by atoms with E-state index < -0.39 is 5.91 Å². The topological polar surface area (TPSA) is 137 Å². The van der Waals surface area contributed by atoms with Crippen molar-refractivity contribution in [2.24, 2.45) is 5.10 Å². The van der Waals surface area contributed by atoms with Crippen molar-refractivity contribution < 1.29 is 9.42 Å². The SMILES string of the molecule is Cc1c(C(=O)NN=C2CCC(c3ccccc3)CC2)nnn1-c1nonc1N. The normalized spacial score (nSPS) is 16.8. The second-order valence-electron chi connectivity index (χ2n) is 6.71. The lowest BCUT2D eigenvalue weighted by Crippen LogP contribution is -2.23. The summed E-state index contributed by atoms with van der Waals surface area (Å²) >= 11 is 0. The molecular formula is C18H20N8O2. The van der Waals surface area contributed by atoms with Gasteiger partial charge < -0.3 is 5.73 Å². The Morgan fingerprint density at radius 3 is 2.68 bits per heavy atom. The summed E-state index contributed by atoms with van der Waals surface area (Å²) in [5, 5.41) is 19.2. The molecule has 10 nitrogen and oxygen atoms in total. The molecule has 0 radical (unpaired) electrons. The highest BCUT2D eigenvalue weighted by molar-refractivity contribution is 5.94. The molecule has 2 heterocycles. The Kier molecular flexibility index (Phi) is 4.83. The lowest BCUT2D eigenvalue weighted by atomic mass is 9.83. The summed E-state index contributed by atoms with van der Waals surface area (Å²) in [6, 6.07) is 10.5. The molecule has 1 fully saturated rings. The van der Waals surface area contributed by atoms with Gasteiger partial charge in [0.1, 0.15) is 0 Å². The van der Waals surface area contributed by atoms with Gasteiger partial charge in [-0.25, -0.2) is 10.1 Å². The van der Waals surface area contributed by atoms with E-state index in [2.05, 4.69) is 60.0 Å². The molecule has 0 atom stereocenters. The highest BCUT2D eigenvalue weighted by Crippen LogP contribution is 2.31. The van der Waals surface area contributed by atoms with Crippen molar-refractivity contribution in [1.29, 1.82) is 0 Å². The van der Waals surface area contributed by atoms with Crippen LogP contribution in [0, 0.1) is 6.92 Å². The predicted octanol–water partition coefficient (Wildman–Crippen LogP) is 1.98. The number of amides is 1. The lowest BCUT2D eigenvalue weighted by molar-refractivity contribution is 0.0949. The summed E-state index contributed by atoms with van der Waals surface area (Å²) in [7, 11) is 0. The maximum atomic E-state index is 12.4. The molecule has 4 rings (SSSR count). The predicted molar refractivity (Wildman–Crippen MR) is 101 cm³/mol. The number of nitrogens with two attached hydrogens (primary N) is 1. The zero-order valence-corrected chi connectivity index (χ0v) is 15.4. The number of nitrogen functional groups attached to an aromatic ring is 1. The van der Waals surface area contributed by atoms with Gasteiger partial charge in [0.2, 0.25) is 11.6 Å². The van der Waals surface area contributed by atoms with E-state index in [1.807, 2.05) is 6.07 Å². The third-order valence-corrected chi connectivity index (χ3v) is 4.96. The average molecular weight is 380 g/mol. The Hall–Kier alpha value is -3.56. The smallest absolute Gasteiger partial charge is 0.293 e. The fraction of sp³-hybridized carbons (Fsp3) is 0.333. The van der Waals surface area contributed by atoms with Crippen LogP contribution in [0.2, 0.25) is 0 Å². The lowest BCUT2D eigenvalue weighted by Gasteiger charge is -2.23. The number of hydrogen-bond donors (Lipinski definition) is 2. The number of hydrogen-bond acceptors (Lipinski definition) is 8. The first-order valence-electron chi connectivity index (χ1n) is 9.05. The number of hydrazone groups is 1. The third kappa shape index (κ3) is 3.48. The summed E-state index contributed by atoms with van der Waals surface area (Å²) in [5.41, 5.74) is 11.2. The van der Waals surface area contributed by atoms with E-state index in [1.165, 1.54) is 10.2 Å². The van der Waals surface area contributed by atoms with E-state index >= 15 is 0 Å². The minimum absolute atomic E-state index is 0.0652. The summed E-state index contributed by atoms with van der Waals surface area (Å²) in [6.07, 6.45) is 3.75. The van der Waals surface area contributed by atoms with Crippen LogP contribution in [0.3, 0.4) is 0 Å². The van der Waals surface area contributed by atoms with E-state index in [1.54, 1.807) is 6.92 Å². The minimum Gasteiger partial charge on any atom is -0.378 e. The molecule has 1 amide bonds. The molecule has 0 unspecified atom stereocenters. The van der Waals surface area contributed by atoms with Crippen LogP contribution in [0.1, 0.15) is 53.3 Å². The summed E-state index contributed by atoms with van der Waals surface area (Å²) < 4.78 is 5.86. The van der Waals surface area contributed by atoms with Gasteiger partial charge in [0.25, 0.3) is 5.91 Å². The quantitative estimate of drug-likeness (QED) is 0.660. The number of carbonyl (C=O) groups is 1. The standard InChI is InChI=1S/C18H20N8O2/c1-11-15(21-25-26(11)17-16(19)23-28-24-17)18(27)22-20-14-9-7-13(8-10-14)12-5-3-2-4-6-12/h2-6,13H,7-10H2,1H3,(H2,19,23)(H,22,27). The molecule has 0 saturated heterocycles.